The van der Waals surface area contributed by atoms with Gasteiger partial charge in [-0.2, -0.15) is 0 Å². The first kappa shape index (κ1) is 13.0. The van der Waals surface area contributed by atoms with E-state index in [1.165, 1.54) is 57.8 Å². The van der Waals surface area contributed by atoms with E-state index in [1.807, 2.05) is 0 Å². The minimum Gasteiger partial charge on any atom is -0.329 e. The topological polar surface area (TPSA) is 38.0 Å². The maximum absolute atomic E-state index is 5.81. The van der Waals surface area contributed by atoms with Crippen LogP contribution in [0.3, 0.4) is 0 Å². The third kappa shape index (κ3) is 5.53. The Hall–Kier alpha value is -0.0800. The van der Waals surface area contributed by atoms with Gasteiger partial charge < -0.3 is 11.1 Å². The van der Waals surface area contributed by atoms with Gasteiger partial charge in [0.2, 0.25) is 0 Å². The molecule has 0 amide bonds. The van der Waals surface area contributed by atoms with Crippen molar-refractivity contribution in [2.75, 3.05) is 6.54 Å². The molecule has 0 aromatic rings. The van der Waals surface area contributed by atoms with Crippen molar-refractivity contribution >= 4 is 0 Å². The molecular formula is C13H28N2. The average Bonchev–Trinajstić information content (AvgIpc) is 2.52. The predicted molar refractivity (Wildman–Crippen MR) is 67.0 cm³/mol. The molecule has 0 radical (unpaired) electrons. The fraction of sp³-hybridized carbons (Fsp3) is 1.00. The highest BCUT2D eigenvalue weighted by atomic mass is 15.0. The Bertz CT molecular complexity index is 139. The standard InChI is InChI=1S/C13H28N2/c1-2-3-8-13(11-14)15-12-9-6-4-5-7-10-12/h12-13,15H,2-11,14H2,1H3. The van der Waals surface area contributed by atoms with E-state index in [0.29, 0.717) is 6.04 Å². The Labute approximate surface area is 95.0 Å². The van der Waals surface area contributed by atoms with Crippen LogP contribution in [0.1, 0.15) is 64.7 Å². The third-order valence-corrected chi connectivity index (χ3v) is 3.52. The van der Waals surface area contributed by atoms with E-state index in [9.17, 15) is 0 Å². The van der Waals surface area contributed by atoms with Crippen LogP contribution in [0.5, 0.6) is 0 Å². The van der Waals surface area contributed by atoms with Gasteiger partial charge in [-0.3, -0.25) is 0 Å². The lowest BCUT2D eigenvalue weighted by atomic mass is 10.0. The van der Waals surface area contributed by atoms with Gasteiger partial charge in [-0.15, -0.1) is 0 Å². The molecule has 1 atom stereocenters. The molecule has 1 unspecified atom stereocenters. The Balaban J connectivity index is 2.22. The van der Waals surface area contributed by atoms with Gasteiger partial charge in [0.05, 0.1) is 0 Å². The van der Waals surface area contributed by atoms with E-state index >= 15 is 0 Å². The minimum atomic E-state index is 0.563. The molecule has 0 heterocycles. The van der Waals surface area contributed by atoms with Gasteiger partial charge in [-0.1, -0.05) is 45.4 Å². The summed E-state index contributed by atoms with van der Waals surface area (Å²) >= 11 is 0. The number of nitrogens with two attached hydrogens (primary N) is 1. The summed E-state index contributed by atoms with van der Waals surface area (Å²) in [5.41, 5.74) is 5.81. The molecule has 0 aromatic heterocycles. The highest BCUT2D eigenvalue weighted by Crippen LogP contribution is 2.18. The largest absolute Gasteiger partial charge is 0.329 e. The van der Waals surface area contributed by atoms with E-state index < -0.39 is 0 Å². The van der Waals surface area contributed by atoms with Crippen molar-refractivity contribution in [2.45, 2.75) is 76.8 Å². The second kappa shape index (κ2) is 8.12. The first-order valence-corrected chi connectivity index (χ1v) is 6.83. The highest BCUT2D eigenvalue weighted by Gasteiger charge is 2.15. The Morgan fingerprint density at radius 3 is 2.40 bits per heavy atom. The van der Waals surface area contributed by atoms with Gasteiger partial charge in [0.25, 0.3) is 0 Å². The summed E-state index contributed by atoms with van der Waals surface area (Å²) in [7, 11) is 0. The Morgan fingerprint density at radius 1 is 1.20 bits per heavy atom. The maximum Gasteiger partial charge on any atom is 0.0192 e. The zero-order valence-corrected chi connectivity index (χ0v) is 10.3. The molecule has 90 valence electrons. The van der Waals surface area contributed by atoms with Gasteiger partial charge in [-0.25, -0.2) is 0 Å². The lowest BCUT2D eigenvalue weighted by Gasteiger charge is -2.23. The minimum absolute atomic E-state index is 0.563. The quantitative estimate of drug-likeness (QED) is 0.664. The van der Waals surface area contributed by atoms with Crippen molar-refractivity contribution in [2.24, 2.45) is 5.73 Å². The smallest absolute Gasteiger partial charge is 0.0192 e. The van der Waals surface area contributed by atoms with Crippen LogP contribution < -0.4 is 11.1 Å². The third-order valence-electron chi connectivity index (χ3n) is 3.52. The van der Waals surface area contributed by atoms with E-state index in [4.69, 9.17) is 5.73 Å². The first-order valence-electron chi connectivity index (χ1n) is 6.83. The zero-order valence-electron chi connectivity index (χ0n) is 10.3. The fourth-order valence-corrected chi connectivity index (χ4v) is 2.50. The number of rotatable bonds is 6. The van der Waals surface area contributed by atoms with Crippen molar-refractivity contribution < 1.29 is 0 Å². The molecule has 15 heavy (non-hydrogen) atoms. The van der Waals surface area contributed by atoms with E-state index in [2.05, 4.69) is 12.2 Å². The Morgan fingerprint density at radius 2 is 1.87 bits per heavy atom. The van der Waals surface area contributed by atoms with Crippen molar-refractivity contribution in [3.63, 3.8) is 0 Å². The van der Waals surface area contributed by atoms with Gasteiger partial charge in [0.15, 0.2) is 0 Å². The molecule has 0 spiro atoms. The molecule has 0 bridgehead atoms. The summed E-state index contributed by atoms with van der Waals surface area (Å²) in [5.74, 6) is 0. The molecule has 0 aliphatic heterocycles. The fourth-order valence-electron chi connectivity index (χ4n) is 2.50. The first-order chi connectivity index (χ1) is 7.36. The van der Waals surface area contributed by atoms with Gasteiger partial charge in [-0.05, 0) is 19.3 Å². The van der Waals surface area contributed by atoms with Crippen LogP contribution >= 0.6 is 0 Å². The summed E-state index contributed by atoms with van der Waals surface area (Å²) in [5, 5.41) is 3.76. The second-order valence-electron chi connectivity index (χ2n) is 4.93. The van der Waals surface area contributed by atoms with Crippen molar-refractivity contribution in [3.05, 3.63) is 0 Å². The molecule has 1 rings (SSSR count). The average molecular weight is 212 g/mol. The highest BCUT2D eigenvalue weighted by molar-refractivity contribution is 4.77. The molecule has 1 saturated carbocycles. The van der Waals surface area contributed by atoms with Crippen LogP contribution in [0.2, 0.25) is 0 Å². The van der Waals surface area contributed by atoms with Crippen LogP contribution in [0.15, 0.2) is 0 Å². The van der Waals surface area contributed by atoms with Crippen LogP contribution in [-0.2, 0) is 0 Å². The van der Waals surface area contributed by atoms with Crippen molar-refractivity contribution in [3.8, 4) is 0 Å². The summed E-state index contributed by atoms with van der Waals surface area (Å²) < 4.78 is 0. The molecule has 3 N–H and O–H groups in total. The van der Waals surface area contributed by atoms with Crippen LogP contribution in [0.4, 0.5) is 0 Å². The lowest BCUT2D eigenvalue weighted by molar-refractivity contribution is 0.375. The molecular weight excluding hydrogens is 184 g/mol. The van der Waals surface area contributed by atoms with E-state index in [1.54, 1.807) is 0 Å². The van der Waals surface area contributed by atoms with E-state index in [0.717, 1.165) is 12.6 Å². The molecule has 2 heteroatoms. The molecule has 2 nitrogen and oxygen atoms in total. The number of unbranched alkanes of at least 4 members (excludes halogenated alkanes) is 1. The van der Waals surface area contributed by atoms with Crippen LogP contribution in [0, 0.1) is 0 Å². The predicted octanol–water partition coefficient (Wildman–Crippen LogP) is 2.82. The second-order valence-corrected chi connectivity index (χ2v) is 4.93. The van der Waals surface area contributed by atoms with E-state index in [-0.39, 0.29) is 0 Å². The summed E-state index contributed by atoms with van der Waals surface area (Å²) in [6.45, 7) is 3.05. The molecule has 0 saturated heterocycles. The molecule has 0 aromatic carbocycles. The van der Waals surface area contributed by atoms with Crippen molar-refractivity contribution in [1.29, 1.82) is 0 Å². The summed E-state index contributed by atoms with van der Waals surface area (Å²) in [6.07, 6.45) is 12.2. The Kier molecular flexibility index (Phi) is 7.03. The number of hydrogen-bond acceptors (Lipinski definition) is 2. The maximum atomic E-state index is 5.81. The normalized spacial score (nSPS) is 21.2. The monoisotopic (exact) mass is 212 g/mol. The summed E-state index contributed by atoms with van der Waals surface area (Å²) in [4.78, 5) is 0. The molecule has 1 aliphatic carbocycles. The molecule has 1 aliphatic rings. The van der Waals surface area contributed by atoms with Crippen LogP contribution in [-0.4, -0.2) is 18.6 Å². The summed E-state index contributed by atoms with van der Waals surface area (Å²) in [6, 6.07) is 1.31. The van der Waals surface area contributed by atoms with Crippen molar-refractivity contribution in [1.82, 2.24) is 5.32 Å². The van der Waals surface area contributed by atoms with Gasteiger partial charge in [0, 0.05) is 18.6 Å². The van der Waals surface area contributed by atoms with Gasteiger partial charge >= 0.3 is 0 Å². The van der Waals surface area contributed by atoms with Gasteiger partial charge in [0.1, 0.15) is 0 Å². The lowest BCUT2D eigenvalue weighted by Crippen LogP contribution is -2.42. The number of hydrogen-bond donors (Lipinski definition) is 2. The zero-order chi connectivity index (χ0) is 10.9. The SMILES string of the molecule is CCCCC(CN)NC1CCCCCC1. The number of nitrogens with one attached hydrogen (secondary N) is 1. The molecule has 1 fully saturated rings. The van der Waals surface area contributed by atoms with Crippen LogP contribution in [0.25, 0.3) is 0 Å².